The first-order valence-electron chi connectivity index (χ1n) is 10.2. The van der Waals surface area contributed by atoms with Crippen molar-refractivity contribution >= 4 is 17.7 Å². The monoisotopic (exact) mass is 430 g/mol. The molecule has 1 atom stereocenters. The fraction of sp³-hybridized carbons (Fsp3) is 0.240. The summed E-state index contributed by atoms with van der Waals surface area (Å²) in [5, 5.41) is 16.0. The van der Waals surface area contributed by atoms with Gasteiger partial charge in [-0.15, -0.1) is 0 Å². The van der Waals surface area contributed by atoms with Crippen LogP contribution in [0, 0.1) is 18.8 Å². The van der Waals surface area contributed by atoms with Gasteiger partial charge in [0.1, 0.15) is 17.5 Å². The Morgan fingerprint density at radius 3 is 2.44 bits per heavy atom. The molecule has 0 spiro atoms. The lowest BCUT2D eigenvalue weighted by atomic mass is 9.95. The molecule has 32 heavy (non-hydrogen) atoms. The molecule has 1 aliphatic carbocycles. The molecule has 0 radical (unpaired) electrons. The molecule has 0 unspecified atom stereocenters. The van der Waals surface area contributed by atoms with Crippen LogP contribution in [-0.2, 0) is 14.9 Å². The molecule has 1 fully saturated rings. The van der Waals surface area contributed by atoms with Gasteiger partial charge in [-0.25, -0.2) is 4.79 Å². The molecule has 7 nitrogen and oxygen atoms in total. The number of amides is 1. The van der Waals surface area contributed by atoms with Crippen molar-refractivity contribution in [2.45, 2.75) is 38.2 Å². The minimum atomic E-state index is -0.794. The van der Waals surface area contributed by atoms with Crippen LogP contribution in [0.5, 0.6) is 0 Å². The van der Waals surface area contributed by atoms with Gasteiger partial charge in [0.2, 0.25) is 5.76 Å². The molecule has 1 saturated carbocycles. The smallest absolute Gasteiger partial charge is 0.412 e. The molecule has 1 heterocycles. The number of carboxylic acid groups (broad SMARTS) is 1. The van der Waals surface area contributed by atoms with Gasteiger partial charge in [-0.1, -0.05) is 53.5 Å². The van der Waals surface area contributed by atoms with E-state index in [1.165, 1.54) is 0 Å². The molecule has 4 rings (SSSR count). The van der Waals surface area contributed by atoms with E-state index < -0.39 is 23.6 Å². The minimum Gasteiger partial charge on any atom is -0.481 e. The molecule has 0 saturated heterocycles. The van der Waals surface area contributed by atoms with E-state index in [-0.39, 0.29) is 5.76 Å². The summed E-state index contributed by atoms with van der Waals surface area (Å²) in [5.74, 6) is 5.25. The molecule has 1 aromatic heterocycles. The standard InChI is InChI=1S/C25H22N2O5/c1-16-22(26-24(30)31-17(2)19-6-4-3-5-7-19)21(32-27-16)13-10-18-8-11-20(12-9-18)25(14-15-25)23(28)29/h3-9,11-12,17H,14-15H2,1-2H3,(H,26,30)(H,28,29)/t17-/m1/s1. The van der Waals surface area contributed by atoms with E-state index in [0.29, 0.717) is 29.8 Å². The lowest BCUT2D eigenvalue weighted by molar-refractivity contribution is -0.140. The van der Waals surface area contributed by atoms with E-state index in [9.17, 15) is 14.7 Å². The molecule has 0 aliphatic heterocycles. The molecule has 7 heteroatoms. The minimum absolute atomic E-state index is 0.208. The van der Waals surface area contributed by atoms with Gasteiger partial charge in [0.25, 0.3) is 0 Å². The van der Waals surface area contributed by atoms with Gasteiger partial charge in [0.05, 0.1) is 5.41 Å². The largest absolute Gasteiger partial charge is 0.481 e. The second kappa shape index (κ2) is 8.60. The summed E-state index contributed by atoms with van der Waals surface area (Å²) in [6.07, 6.45) is 0.241. The number of aliphatic carboxylic acids is 1. The highest BCUT2D eigenvalue weighted by molar-refractivity contribution is 5.87. The molecule has 1 aliphatic rings. The van der Waals surface area contributed by atoms with Crippen LogP contribution in [-0.4, -0.2) is 22.3 Å². The number of nitrogens with one attached hydrogen (secondary N) is 1. The summed E-state index contributed by atoms with van der Waals surface area (Å²) in [4.78, 5) is 23.8. The number of ether oxygens (including phenoxy) is 1. The maximum atomic E-state index is 12.4. The van der Waals surface area contributed by atoms with Crippen molar-refractivity contribution in [3.05, 3.63) is 82.7 Å². The Labute approximate surface area is 185 Å². The second-order valence-corrected chi connectivity index (χ2v) is 7.77. The highest BCUT2D eigenvalue weighted by atomic mass is 16.6. The van der Waals surface area contributed by atoms with Crippen LogP contribution in [0.2, 0.25) is 0 Å². The number of aryl methyl sites for hydroxylation is 1. The second-order valence-electron chi connectivity index (χ2n) is 7.77. The Kier molecular flexibility index (Phi) is 5.69. The van der Waals surface area contributed by atoms with Crippen molar-refractivity contribution in [1.82, 2.24) is 5.16 Å². The van der Waals surface area contributed by atoms with E-state index in [0.717, 1.165) is 11.1 Å². The third-order valence-corrected chi connectivity index (χ3v) is 5.56. The van der Waals surface area contributed by atoms with E-state index in [2.05, 4.69) is 22.3 Å². The number of carbonyl (C=O) groups is 2. The van der Waals surface area contributed by atoms with Crippen LogP contribution in [0.1, 0.15) is 54.0 Å². The van der Waals surface area contributed by atoms with Gasteiger partial charge in [-0.2, -0.15) is 0 Å². The van der Waals surface area contributed by atoms with Crippen LogP contribution in [0.15, 0.2) is 59.1 Å². The van der Waals surface area contributed by atoms with E-state index in [4.69, 9.17) is 9.26 Å². The third-order valence-electron chi connectivity index (χ3n) is 5.56. The SMILES string of the molecule is Cc1noc(C#Cc2ccc(C3(C(=O)O)CC3)cc2)c1NC(=O)O[C@H](C)c1ccccc1. The van der Waals surface area contributed by atoms with Gasteiger partial charge in [-0.3, -0.25) is 10.1 Å². The first-order valence-corrected chi connectivity index (χ1v) is 10.2. The number of hydrogen-bond donors (Lipinski definition) is 2. The number of carbonyl (C=O) groups excluding carboxylic acids is 1. The number of carboxylic acids is 1. The van der Waals surface area contributed by atoms with Crippen molar-refractivity contribution < 1.29 is 24.0 Å². The topological polar surface area (TPSA) is 102 Å². The number of benzene rings is 2. The van der Waals surface area contributed by atoms with E-state index in [1.54, 1.807) is 38.1 Å². The lowest BCUT2D eigenvalue weighted by Crippen LogP contribution is -2.19. The van der Waals surface area contributed by atoms with Crippen LogP contribution in [0.3, 0.4) is 0 Å². The summed E-state index contributed by atoms with van der Waals surface area (Å²) in [6, 6.07) is 16.5. The van der Waals surface area contributed by atoms with Gasteiger partial charge >= 0.3 is 12.1 Å². The normalized spacial score (nSPS) is 14.6. The molecular formula is C25H22N2O5. The average molecular weight is 430 g/mol. The number of rotatable bonds is 5. The number of nitrogens with zero attached hydrogens (tertiary/aromatic N) is 1. The zero-order valence-electron chi connectivity index (χ0n) is 17.7. The van der Waals surface area contributed by atoms with Gasteiger partial charge < -0.3 is 14.4 Å². The number of anilines is 1. The maximum absolute atomic E-state index is 12.4. The van der Waals surface area contributed by atoms with Gasteiger partial charge in [0, 0.05) is 5.56 Å². The van der Waals surface area contributed by atoms with Crippen molar-refractivity contribution in [3.8, 4) is 11.8 Å². The van der Waals surface area contributed by atoms with Gasteiger partial charge in [0.15, 0.2) is 0 Å². The summed E-state index contributed by atoms with van der Waals surface area (Å²) < 4.78 is 10.7. The Balaban J connectivity index is 1.45. The Morgan fingerprint density at radius 2 is 1.81 bits per heavy atom. The molecular weight excluding hydrogens is 408 g/mol. The highest BCUT2D eigenvalue weighted by Crippen LogP contribution is 2.48. The average Bonchev–Trinajstić information content (AvgIpc) is 3.54. The molecule has 1 amide bonds. The fourth-order valence-corrected chi connectivity index (χ4v) is 3.44. The van der Waals surface area contributed by atoms with Crippen LogP contribution >= 0.6 is 0 Å². The lowest BCUT2D eigenvalue weighted by Gasteiger charge is -2.13. The molecule has 162 valence electrons. The summed E-state index contributed by atoms with van der Waals surface area (Å²) in [5.41, 5.74) is 2.43. The summed E-state index contributed by atoms with van der Waals surface area (Å²) in [6.45, 7) is 3.48. The van der Waals surface area contributed by atoms with E-state index >= 15 is 0 Å². The number of hydrogen-bond acceptors (Lipinski definition) is 5. The van der Waals surface area contributed by atoms with Crippen molar-refractivity contribution in [2.75, 3.05) is 5.32 Å². The zero-order chi connectivity index (χ0) is 22.7. The van der Waals surface area contributed by atoms with Gasteiger partial charge in [-0.05, 0) is 55.9 Å². The predicted octanol–water partition coefficient (Wildman–Crippen LogP) is 4.81. The summed E-state index contributed by atoms with van der Waals surface area (Å²) >= 11 is 0. The molecule has 2 N–H and O–H groups in total. The van der Waals surface area contributed by atoms with Crippen molar-refractivity contribution in [2.24, 2.45) is 0 Å². The number of aromatic nitrogens is 1. The maximum Gasteiger partial charge on any atom is 0.412 e. The quantitative estimate of drug-likeness (QED) is 0.564. The third kappa shape index (κ3) is 4.35. The first-order chi connectivity index (χ1) is 15.4. The highest BCUT2D eigenvalue weighted by Gasteiger charge is 2.51. The fourth-order valence-electron chi connectivity index (χ4n) is 3.44. The first kappa shape index (κ1) is 21.2. The van der Waals surface area contributed by atoms with Crippen molar-refractivity contribution in [3.63, 3.8) is 0 Å². The zero-order valence-corrected chi connectivity index (χ0v) is 17.7. The Hall–Kier alpha value is -4.05. The van der Waals surface area contributed by atoms with Crippen molar-refractivity contribution in [1.29, 1.82) is 0 Å². The van der Waals surface area contributed by atoms with Crippen LogP contribution in [0.4, 0.5) is 10.5 Å². The van der Waals surface area contributed by atoms with Crippen LogP contribution in [0.25, 0.3) is 0 Å². The van der Waals surface area contributed by atoms with E-state index in [1.807, 2.05) is 30.3 Å². The molecule has 0 bridgehead atoms. The molecule has 3 aromatic rings. The Bertz CT molecular complexity index is 1200. The molecule has 2 aromatic carbocycles. The van der Waals surface area contributed by atoms with Crippen LogP contribution < -0.4 is 5.32 Å². The summed E-state index contributed by atoms with van der Waals surface area (Å²) in [7, 11) is 0. The Morgan fingerprint density at radius 1 is 1.12 bits per heavy atom. The predicted molar refractivity (Wildman–Crippen MR) is 117 cm³/mol.